The van der Waals surface area contributed by atoms with Crippen molar-refractivity contribution in [3.05, 3.63) is 12.4 Å². The van der Waals surface area contributed by atoms with Gasteiger partial charge < -0.3 is 15.5 Å². The van der Waals surface area contributed by atoms with E-state index >= 15 is 0 Å². The van der Waals surface area contributed by atoms with Gasteiger partial charge in [-0.05, 0) is 39.7 Å². The largest absolute Gasteiger partial charge is 0.370 e. The van der Waals surface area contributed by atoms with Gasteiger partial charge in [0.1, 0.15) is 18.0 Å². The second-order valence-electron chi connectivity index (χ2n) is 5.20. The minimum absolute atomic E-state index is 0.592. The minimum atomic E-state index is 0.592. The molecule has 0 spiro atoms. The predicted molar refractivity (Wildman–Crippen MR) is 79.7 cm³/mol. The van der Waals surface area contributed by atoms with Crippen LogP contribution in [-0.2, 0) is 0 Å². The van der Waals surface area contributed by atoms with Gasteiger partial charge in [0.15, 0.2) is 0 Å². The normalized spacial score (nSPS) is 23.1. The first-order valence-electron chi connectivity index (χ1n) is 7.20. The summed E-state index contributed by atoms with van der Waals surface area (Å²) in [7, 11) is 4.20. The topological polar surface area (TPSA) is 53.1 Å². The molecule has 19 heavy (non-hydrogen) atoms. The van der Waals surface area contributed by atoms with E-state index in [0.29, 0.717) is 12.1 Å². The Morgan fingerprint density at radius 3 is 2.63 bits per heavy atom. The van der Waals surface area contributed by atoms with E-state index in [4.69, 9.17) is 0 Å². The Kier molecular flexibility index (Phi) is 4.96. The summed E-state index contributed by atoms with van der Waals surface area (Å²) in [5.41, 5.74) is 0. The second kappa shape index (κ2) is 6.70. The van der Waals surface area contributed by atoms with Crippen LogP contribution in [0.5, 0.6) is 0 Å². The number of rotatable bonds is 5. The van der Waals surface area contributed by atoms with Crippen molar-refractivity contribution in [3.63, 3.8) is 0 Å². The van der Waals surface area contributed by atoms with Crippen molar-refractivity contribution in [2.24, 2.45) is 0 Å². The molecule has 2 N–H and O–H groups in total. The third-order valence-corrected chi connectivity index (χ3v) is 4.02. The minimum Gasteiger partial charge on any atom is -0.370 e. The first kappa shape index (κ1) is 14.1. The molecule has 0 atom stereocenters. The highest BCUT2D eigenvalue weighted by Crippen LogP contribution is 2.25. The van der Waals surface area contributed by atoms with Crippen LogP contribution in [0, 0.1) is 0 Å². The summed E-state index contributed by atoms with van der Waals surface area (Å²) in [6, 6.07) is 3.31. The van der Waals surface area contributed by atoms with E-state index in [1.807, 2.05) is 6.07 Å². The molecule has 1 aromatic heterocycles. The van der Waals surface area contributed by atoms with Crippen molar-refractivity contribution in [3.8, 4) is 0 Å². The molecule has 1 aromatic rings. The third kappa shape index (κ3) is 3.56. The lowest BCUT2D eigenvalue weighted by Gasteiger charge is -2.35. The van der Waals surface area contributed by atoms with Crippen molar-refractivity contribution < 1.29 is 0 Å². The number of hydrogen-bond acceptors (Lipinski definition) is 5. The number of aromatic nitrogens is 2. The van der Waals surface area contributed by atoms with E-state index in [-0.39, 0.29) is 0 Å². The zero-order chi connectivity index (χ0) is 13.7. The van der Waals surface area contributed by atoms with Crippen molar-refractivity contribution in [2.75, 3.05) is 30.9 Å². The summed E-state index contributed by atoms with van der Waals surface area (Å²) in [6.07, 6.45) is 6.58. The quantitative estimate of drug-likeness (QED) is 0.849. The van der Waals surface area contributed by atoms with Crippen LogP contribution in [0.1, 0.15) is 32.6 Å². The maximum Gasteiger partial charge on any atom is 0.134 e. The van der Waals surface area contributed by atoms with Crippen molar-refractivity contribution in [1.29, 1.82) is 0 Å². The van der Waals surface area contributed by atoms with Gasteiger partial charge in [0.25, 0.3) is 0 Å². The van der Waals surface area contributed by atoms with Crippen LogP contribution in [0.25, 0.3) is 0 Å². The van der Waals surface area contributed by atoms with Gasteiger partial charge in [-0.2, -0.15) is 0 Å². The summed E-state index contributed by atoms with van der Waals surface area (Å²) in [4.78, 5) is 10.9. The second-order valence-corrected chi connectivity index (χ2v) is 5.20. The predicted octanol–water partition coefficient (Wildman–Crippen LogP) is 1.88. The summed E-state index contributed by atoms with van der Waals surface area (Å²) in [6.45, 7) is 2.96. The molecule has 1 aliphatic rings. The van der Waals surface area contributed by atoms with Gasteiger partial charge in [0, 0.05) is 31.7 Å². The molecular formula is C14H25N5. The number of hydrogen-bond donors (Lipinski definition) is 2. The summed E-state index contributed by atoms with van der Waals surface area (Å²) >= 11 is 0. The molecular weight excluding hydrogens is 238 g/mol. The Hall–Kier alpha value is -1.36. The Morgan fingerprint density at radius 1 is 1.26 bits per heavy atom. The van der Waals surface area contributed by atoms with Crippen LogP contribution in [0.2, 0.25) is 0 Å². The van der Waals surface area contributed by atoms with Crippen LogP contribution in [-0.4, -0.2) is 42.7 Å². The summed E-state index contributed by atoms with van der Waals surface area (Å²) in [5.74, 6) is 1.92. The third-order valence-electron chi connectivity index (χ3n) is 4.02. The number of nitrogens with one attached hydrogen (secondary N) is 2. The molecule has 5 heteroatoms. The summed E-state index contributed by atoms with van der Waals surface area (Å²) in [5, 5.41) is 6.61. The molecule has 2 rings (SSSR count). The van der Waals surface area contributed by atoms with E-state index in [0.717, 1.165) is 18.2 Å². The molecule has 1 heterocycles. The van der Waals surface area contributed by atoms with Gasteiger partial charge in [-0.25, -0.2) is 9.97 Å². The van der Waals surface area contributed by atoms with Crippen molar-refractivity contribution >= 4 is 11.6 Å². The van der Waals surface area contributed by atoms with Gasteiger partial charge >= 0.3 is 0 Å². The van der Waals surface area contributed by atoms with Gasteiger partial charge in [0.05, 0.1) is 0 Å². The highest BCUT2D eigenvalue weighted by molar-refractivity contribution is 5.48. The van der Waals surface area contributed by atoms with Crippen LogP contribution < -0.4 is 15.5 Å². The number of nitrogens with zero attached hydrogens (tertiary/aromatic N) is 3. The molecule has 0 amide bonds. The highest BCUT2D eigenvalue weighted by atomic mass is 15.2. The van der Waals surface area contributed by atoms with Crippen LogP contribution in [0.4, 0.5) is 11.6 Å². The summed E-state index contributed by atoms with van der Waals surface area (Å²) < 4.78 is 0. The van der Waals surface area contributed by atoms with E-state index in [9.17, 15) is 0 Å². The van der Waals surface area contributed by atoms with Crippen molar-refractivity contribution in [2.45, 2.75) is 44.7 Å². The average Bonchev–Trinajstić information content (AvgIpc) is 2.47. The molecule has 0 radical (unpaired) electrons. The zero-order valence-electron chi connectivity index (χ0n) is 12.2. The zero-order valence-corrected chi connectivity index (χ0v) is 12.2. The van der Waals surface area contributed by atoms with Crippen LogP contribution >= 0.6 is 0 Å². The van der Waals surface area contributed by atoms with Crippen LogP contribution in [0.15, 0.2) is 12.4 Å². The van der Waals surface area contributed by atoms with Gasteiger partial charge in [0.2, 0.25) is 0 Å². The fourth-order valence-corrected chi connectivity index (χ4v) is 2.76. The maximum atomic E-state index is 4.40. The smallest absolute Gasteiger partial charge is 0.134 e. The van der Waals surface area contributed by atoms with E-state index < -0.39 is 0 Å². The fourth-order valence-electron chi connectivity index (χ4n) is 2.76. The highest BCUT2D eigenvalue weighted by Gasteiger charge is 2.23. The molecule has 0 saturated heterocycles. The Bertz CT molecular complexity index is 387. The average molecular weight is 263 g/mol. The molecule has 0 bridgehead atoms. The van der Waals surface area contributed by atoms with Crippen molar-refractivity contribution in [1.82, 2.24) is 15.3 Å². The Morgan fingerprint density at radius 2 is 2.00 bits per heavy atom. The monoisotopic (exact) mass is 263 g/mol. The maximum absolute atomic E-state index is 4.40. The lowest BCUT2D eigenvalue weighted by Crippen LogP contribution is -2.40. The molecule has 0 aliphatic heterocycles. The van der Waals surface area contributed by atoms with E-state index in [2.05, 4.69) is 46.5 Å². The Balaban J connectivity index is 1.99. The van der Waals surface area contributed by atoms with Gasteiger partial charge in [-0.15, -0.1) is 0 Å². The van der Waals surface area contributed by atoms with Gasteiger partial charge in [-0.1, -0.05) is 0 Å². The lowest BCUT2D eigenvalue weighted by atomic mass is 9.90. The molecule has 1 aliphatic carbocycles. The standard InChI is InChI=1S/C14H25N5/c1-4-16-13-9-14(18-10-17-13)19(3)12-7-5-11(15-2)6-8-12/h9-12,15H,4-8H2,1-3H3,(H,16,17,18). The molecule has 1 saturated carbocycles. The molecule has 106 valence electrons. The van der Waals surface area contributed by atoms with Gasteiger partial charge in [-0.3, -0.25) is 0 Å². The van der Waals surface area contributed by atoms with E-state index in [1.54, 1.807) is 6.33 Å². The molecule has 5 nitrogen and oxygen atoms in total. The van der Waals surface area contributed by atoms with Crippen LogP contribution in [0.3, 0.4) is 0 Å². The first-order chi connectivity index (χ1) is 9.24. The Labute approximate surface area is 115 Å². The molecule has 1 fully saturated rings. The van der Waals surface area contributed by atoms with E-state index in [1.165, 1.54) is 25.7 Å². The number of anilines is 2. The molecule has 0 aromatic carbocycles. The molecule has 0 unspecified atom stereocenters. The fraction of sp³-hybridized carbons (Fsp3) is 0.714. The first-order valence-corrected chi connectivity index (χ1v) is 7.20. The SMILES string of the molecule is CCNc1cc(N(C)C2CCC(NC)CC2)ncn1. The lowest BCUT2D eigenvalue weighted by molar-refractivity contribution is 0.350.